The van der Waals surface area contributed by atoms with Gasteiger partial charge in [0.05, 0.1) is 0 Å². The van der Waals surface area contributed by atoms with Crippen LogP contribution in [-0.4, -0.2) is 23.3 Å². The number of hydrogen-bond acceptors (Lipinski definition) is 2. The van der Waals surface area contributed by atoms with Gasteiger partial charge in [0.2, 0.25) is 5.91 Å². The molecule has 0 aliphatic carbocycles. The first-order chi connectivity index (χ1) is 11.1. The summed E-state index contributed by atoms with van der Waals surface area (Å²) in [5, 5.41) is 2.70. The highest BCUT2D eigenvalue weighted by Gasteiger charge is 2.15. The molecule has 1 N–H and O–H groups in total. The van der Waals surface area contributed by atoms with Crippen molar-refractivity contribution >= 4 is 17.5 Å². The van der Waals surface area contributed by atoms with Crippen molar-refractivity contribution in [1.82, 2.24) is 4.90 Å². The Hall–Kier alpha value is -2.62. The summed E-state index contributed by atoms with van der Waals surface area (Å²) in [6.07, 6.45) is 0.905. The van der Waals surface area contributed by atoms with E-state index in [4.69, 9.17) is 0 Å². The summed E-state index contributed by atoms with van der Waals surface area (Å²) >= 11 is 0. The standard InChI is InChI=1S/C19H22N2O2/c1-3-13-21(14-16-7-5-4-6-8-16)19(23)17-9-11-18(12-10-17)20-15(2)22/h4-12H,3,13-14H2,1-2H3,(H,20,22). The fraction of sp³-hybridized carbons (Fsp3) is 0.263. The highest BCUT2D eigenvalue weighted by Crippen LogP contribution is 2.14. The number of nitrogens with one attached hydrogen (secondary N) is 1. The van der Waals surface area contributed by atoms with E-state index in [1.807, 2.05) is 35.2 Å². The zero-order chi connectivity index (χ0) is 16.7. The Morgan fingerprint density at radius 2 is 1.65 bits per heavy atom. The molecule has 0 fully saturated rings. The number of carbonyl (C=O) groups is 2. The van der Waals surface area contributed by atoms with E-state index in [2.05, 4.69) is 12.2 Å². The van der Waals surface area contributed by atoms with Crippen molar-refractivity contribution in [1.29, 1.82) is 0 Å². The molecule has 0 heterocycles. The first kappa shape index (κ1) is 16.7. The second-order valence-corrected chi connectivity index (χ2v) is 5.47. The van der Waals surface area contributed by atoms with E-state index >= 15 is 0 Å². The number of rotatable bonds is 6. The Morgan fingerprint density at radius 1 is 1.00 bits per heavy atom. The summed E-state index contributed by atoms with van der Waals surface area (Å²) in [7, 11) is 0. The second-order valence-electron chi connectivity index (χ2n) is 5.47. The molecule has 0 unspecified atom stereocenters. The minimum absolute atomic E-state index is 0.00470. The van der Waals surface area contributed by atoms with Crippen LogP contribution in [0.4, 0.5) is 5.69 Å². The van der Waals surface area contributed by atoms with Gasteiger partial charge in [0, 0.05) is 31.3 Å². The molecular weight excluding hydrogens is 288 g/mol. The first-order valence-electron chi connectivity index (χ1n) is 7.81. The third-order valence-electron chi connectivity index (χ3n) is 3.45. The average Bonchev–Trinajstić information content (AvgIpc) is 2.55. The van der Waals surface area contributed by atoms with E-state index in [-0.39, 0.29) is 11.8 Å². The Kier molecular flexibility index (Phi) is 5.92. The highest BCUT2D eigenvalue weighted by molar-refractivity contribution is 5.95. The molecule has 2 aromatic rings. The van der Waals surface area contributed by atoms with Gasteiger partial charge in [-0.1, -0.05) is 37.3 Å². The zero-order valence-electron chi connectivity index (χ0n) is 13.6. The van der Waals surface area contributed by atoms with Crippen molar-refractivity contribution in [3.63, 3.8) is 0 Å². The zero-order valence-corrected chi connectivity index (χ0v) is 13.6. The van der Waals surface area contributed by atoms with Crippen LogP contribution in [0.25, 0.3) is 0 Å². The smallest absolute Gasteiger partial charge is 0.254 e. The predicted octanol–water partition coefficient (Wildman–Crippen LogP) is 3.70. The molecule has 2 amide bonds. The average molecular weight is 310 g/mol. The molecule has 0 bridgehead atoms. The van der Waals surface area contributed by atoms with Crippen LogP contribution in [-0.2, 0) is 11.3 Å². The molecule has 0 aliphatic rings. The topological polar surface area (TPSA) is 49.4 Å². The Labute approximate surface area is 137 Å². The maximum atomic E-state index is 12.7. The van der Waals surface area contributed by atoms with E-state index in [1.165, 1.54) is 6.92 Å². The molecule has 2 rings (SSSR count). The molecule has 0 radical (unpaired) electrons. The minimum Gasteiger partial charge on any atom is -0.334 e. The molecule has 120 valence electrons. The second kappa shape index (κ2) is 8.13. The summed E-state index contributed by atoms with van der Waals surface area (Å²) in [5.74, 6) is -0.120. The van der Waals surface area contributed by atoms with Gasteiger partial charge in [-0.2, -0.15) is 0 Å². The molecule has 0 aliphatic heterocycles. The van der Waals surface area contributed by atoms with Gasteiger partial charge < -0.3 is 10.2 Å². The maximum Gasteiger partial charge on any atom is 0.254 e. The van der Waals surface area contributed by atoms with Crippen molar-refractivity contribution < 1.29 is 9.59 Å². The molecule has 23 heavy (non-hydrogen) atoms. The minimum atomic E-state index is -0.124. The molecular formula is C19H22N2O2. The molecule has 0 atom stereocenters. The van der Waals surface area contributed by atoms with Gasteiger partial charge >= 0.3 is 0 Å². The lowest BCUT2D eigenvalue weighted by atomic mass is 10.1. The molecule has 0 saturated heterocycles. The lowest BCUT2D eigenvalue weighted by molar-refractivity contribution is -0.114. The number of amides is 2. The van der Waals surface area contributed by atoms with Crippen LogP contribution in [0.15, 0.2) is 54.6 Å². The molecule has 0 aromatic heterocycles. The summed E-state index contributed by atoms with van der Waals surface area (Å²) in [6, 6.07) is 17.0. The summed E-state index contributed by atoms with van der Waals surface area (Å²) in [5.41, 5.74) is 2.44. The molecule has 4 nitrogen and oxygen atoms in total. The van der Waals surface area contributed by atoms with E-state index in [1.54, 1.807) is 24.3 Å². The van der Waals surface area contributed by atoms with Crippen molar-refractivity contribution in [2.75, 3.05) is 11.9 Å². The van der Waals surface area contributed by atoms with E-state index < -0.39 is 0 Å². The highest BCUT2D eigenvalue weighted by atomic mass is 16.2. The Bertz CT molecular complexity index is 651. The van der Waals surface area contributed by atoms with Crippen LogP contribution in [0.5, 0.6) is 0 Å². The van der Waals surface area contributed by atoms with E-state index in [0.29, 0.717) is 24.3 Å². The van der Waals surface area contributed by atoms with Gasteiger partial charge in [0.25, 0.3) is 5.91 Å². The van der Waals surface area contributed by atoms with Crippen LogP contribution in [0.1, 0.15) is 36.2 Å². The van der Waals surface area contributed by atoms with Crippen LogP contribution in [0, 0.1) is 0 Å². The van der Waals surface area contributed by atoms with Gasteiger partial charge in [-0.15, -0.1) is 0 Å². The SMILES string of the molecule is CCCN(Cc1ccccc1)C(=O)c1ccc(NC(C)=O)cc1. The summed E-state index contributed by atoms with van der Waals surface area (Å²) in [4.78, 5) is 25.6. The molecule has 4 heteroatoms. The third kappa shape index (κ3) is 4.95. The summed E-state index contributed by atoms with van der Waals surface area (Å²) in [6.45, 7) is 4.83. The molecule has 0 spiro atoms. The number of anilines is 1. The Morgan fingerprint density at radius 3 is 2.22 bits per heavy atom. The lowest BCUT2D eigenvalue weighted by Gasteiger charge is -2.22. The third-order valence-corrected chi connectivity index (χ3v) is 3.45. The monoisotopic (exact) mass is 310 g/mol. The van der Waals surface area contributed by atoms with Gasteiger partial charge in [-0.3, -0.25) is 9.59 Å². The van der Waals surface area contributed by atoms with Crippen LogP contribution in [0.2, 0.25) is 0 Å². The van der Waals surface area contributed by atoms with Crippen molar-refractivity contribution in [2.24, 2.45) is 0 Å². The number of hydrogen-bond donors (Lipinski definition) is 1. The van der Waals surface area contributed by atoms with Crippen molar-refractivity contribution in [2.45, 2.75) is 26.8 Å². The van der Waals surface area contributed by atoms with Crippen molar-refractivity contribution in [3.8, 4) is 0 Å². The largest absolute Gasteiger partial charge is 0.334 e. The summed E-state index contributed by atoms with van der Waals surface area (Å²) < 4.78 is 0. The van der Waals surface area contributed by atoms with Crippen molar-refractivity contribution in [3.05, 3.63) is 65.7 Å². The van der Waals surface area contributed by atoms with Gasteiger partial charge in [0.15, 0.2) is 0 Å². The van der Waals surface area contributed by atoms with E-state index in [0.717, 1.165) is 12.0 Å². The number of carbonyl (C=O) groups excluding carboxylic acids is 2. The van der Waals surface area contributed by atoms with Gasteiger partial charge in [-0.25, -0.2) is 0 Å². The number of benzene rings is 2. The fourth-order valence-electron chi connectivity index (χ4n) is 2.41. The Balaban J connectivity index is 2.12. The first-order valence-corrected chi connectivity index (χ1v) is 7.81. The van der Waals surface area contributed by atoms with Crippen LogP contribution >= 0.6 is 0 Å². The lowest BCUT2D eigenvalue weighted by Crippen LogP contribution is -2.31. The van der Waals surface area contributed by atoms with Gasteiger partial charge in [0.1, 0.15) is 0 Å². The van der Waals surface area contributed by atoms with Crippen LogP contribution in [0.3, 0.4) is 0 Å². The van der Waals surface area contributed by atoms with Crippen LogP contribution < -0.4 is 5.32 Å². The molecule has 0 saturated carbocycles. The van der Waals surface area contributed by atoms with E-state index in [9.17, 15) is 9.59 Å². The van der Waals surface area contributed by atoms with Gasteiger partial charge in [-0.05, 0) is 36.2 Å². The molecule has 2 aromatic carbocycles. The maximum absolute atomic E-state index is 12.7. The number of nitrogens with zero attached hydrogens (tertiary/aromatic N) is 1. The fourth-order valence-corrected chi connectivity index (χ4v) is 2.41. The quantitative estimate of drug-likeness (QED) is 0.884. The normalized spacial score (nSPS) is 10.2. The predicted molar refractivity (Wildman–Crippen MR) is 92.2 cm³/mol.